The molecule has 1 saturated heterocycles. The van der Waals surface area contributed by atoms with Crippen molar-refractivity contribution >= 4 is 24.2 Å². The molecular formula is C15H28ClN3O2. The quantitative estimate of drug-likeness (QED) is 0.820. The van der Waals surface area contributed by atoms with Gasteiger partial charge in [0, 0.05) is 31.6 Å². The van der Waals surface area contributed by atoms with Gasteiger partial charge in [0.05, 0.1) is 5.92 Å². The monoisotopic (exact) mass is 317 g/mol. The molecule has 0 bridgehead atoms. The van der Waals surface area contributed by atoms with Gasteiger partial charge >= 0.3 is 0 Å². The van der Waals surface area contributed by atoms with Crippen molar-refractivity contribution in [3.63, 3.8) is 0 Å². The van der Waals surface area contributed by atoms with Crippen LogP contribution in [0.5, 0.6) is 0 Å². The molecule has 1 aliphatic carbocycles. The smallest absolute Gasteiger partial charge is 0.228 e. The van der Waals surface area contributed by atoms with Gasteiger partial charge in [-0.3, -0.25) is 9.59 Å². The van der Waals surface area contributed by atoms with E-state index in [0.29, 0.717) is 19.6 Å². The molecule has 1 aliphatic heterocycles. The maximum absolute atomic E-state index is 12.7. The molecule has 2 fully saturated rings. The van der Waals surface area contributed by atoms with Crippen molar-refractivity contribution in [2.24, 2.45) is 17.1 Å². The average Bonchev–Trinajstić information content (AvgIpc) is 2.92. The number of rotatable bonds is 4. The van der Waals surface area contributed by atoms with Crippen LogP contribution >= 0.6 is 12.4 Å². The fourth-order valence-electron chi connectivity index (χ4n) is 3.47. The summed E-state index contributed by atoms with van der Waals surface area (Å²) in [6, 6.07) is 0. The highest BCUT2D eigenvalue weighted by Crippen LogP contribution is 2.39. The van der Waals surface area contributed by atoms with Gasteiger partial charge in [-0.1, -0.05) is 19.8 Å². The molecule has 1 unspecified atom stereocenters. The Labute approximate surface area is 133 Å². The Balaban J connectivity index is 0.00000220. The lowest BCUT2D eigenvalue weighted by Gasteiger charge is -2.37. The first-order valence-electron chi connectivity index (χ1n) is 7.84. The van der Waals surface area contributed by atoms with Gasteiger partial charge < -0.3 is 16.0 Å². The van der Waals surface area contributed by atoms with Crippen LogP contribution in [0.3, 0.4) is 0 Å². The molecule has 0 aromatic carbocycles. The van der Waals surface area contributed by atoms with Crippen LogP contribution < -0.4 is 11.1 Å². The van der Waals surface area contributed by atoms with Crippen LogP contribution in [0.4, 0.5) is 0 Å². The minimum atomic E-state index is -0.185. The molecule has 1 saturated carbocycles. The molecule has 0 radical (unpaired) electrons. The molecule has 6 heteroatoms. The van der Waals surface area contributed by atoms with E-state index in [1.807, 2.05) is 4.90 Å². The Hall–Kier alpha value is -0.810. The highest BCUT2D eigenvalue weighted by atomic mass is 35.5. The molecule has 2 aliphatic rings. The Bertz CT molecular complexity index is 370. The maximum atomic E-state index is 12.7. The molecule has 1 atom stereocenters. The third-order valence-corrected chi connectivity index (χ3v) is 4.75. The van der Waals surface area contributed by atoms with Crippen LogP contribution in [-0.4, -0.2) is 42.9 Å². The van der Waals surface area contributed by atoms with Gasteiger partial charge in [0.1, 0.15) is 0 Å². The van der Waals surface area contributed by atoms with Crippen LogP contribution in [0, 0.1) is 11.3 Å². The zero-order valence-electron chi connectivity index (χ0n) is 12.9. The van der Waals surface area contributed by atoms with Crippen LogP contribution in [0.1, 0.15) is 45.4 Å². The second kappa shape index (κ2) is 7.99. The van der Waals surface area contributed by atoms with Crippen LogP contribution in [0.25, 0.3) is 0 Å². The van der Waals surface area contributed by atoms with Gasteiger partial charge in [-0.15, -0.1) is 12.4 Å². The van der Waals surface area contributed by atoms with Gasteiger partial charge in [-0.25, -0.2) is 0 Å². The number of piperidine rings is 1. The van der Waals surface area contributed by atoms with E-state index in [1.54, 1.807) is 0 Å². The number of carbonyl (C=O) groups excluding carboxylic acids is 2. The lowest BCUT2D eigenvalue weighted by atomic mass is 9.85. The van der Waals surface area contributed by atoms with Gasteiger partial charge in [0.15, 0.2) is 0 Å². The van der Waals surface area contributed by atoms with E-state index in [-0.39, 0.29) is 35.6 Å². The normalized spacial score (nSPS) is 24.3. The summed E-state index contributed by atoms with van der Waals surface area (Å²) in [5.41, 5.74) is 5.22. The van der Waals surface area contributed by atoms with Crippen molar-refractivity contribution in [3.05, 3.63) is 0 Å². The average molecular weight is 318 g/mol. The molecule has 0 aromatic rings. The highest BCUT2D eigenvalue weighted by Gasteiger charge is 2.40. The minimum absolute atomic E-state index is 0. The van der Waals surface area contributed by atoms with E-state index in [0.717, 1.165) is 45.1 Å². The number of nitrogens with two attached hydrogens (primary N) is 1. The lowest BCUT2D eigenvalue weighted by molar-refractivity contribution is -0.144. The number of hydrogen-bond donors (Lipinski definition) is 2. The Morgan fingerprint density at radius 1 is 1.29 bits per heavy atom. The Kier molecular flexibility index (Phi) is 6.94. The number of amides is 2. The van der Waals surface area contributed by atoms with E-state index < -0.39 is 0 Å². The summed E-state index contributed by atoms with van der Waals surface area (Å²) < 4.78 is 0. The summed E-state index contributed by atoms with van der Waals surface area (Å²) in [6.07, 6.45) is 6.07. The standard InChI is InChI=1S/C15H27N3O2.ClH/c1-15(6-2-3-7-15)14(20)18-10-4-5-12(11-18)13(19)17-9-8-16;/h12H,2-11,16H2,1H3,(H,17,19);1H. The van der Waals surface area contributed by atoms with Crippen LogP contribution in [0.15, 0.2) is 0 Å². The fourth-order valence-corrected chi connectivity index (χ4v) is 3.47. The van der Waals surface area contributed by atoms with Crippen LogP contribution in [0.2, 0.25) is 0 Å². The van der Waals surface area contributed by atoms with Gasteiger partial charge in [0.2, 0.25) is 11.8 Å². The Morgan fingerprint density at radius 3 is 2.57 bits per heavy atom. The zero-order chi connectivity index (χ0) is 14.6. The second-order valence-electron chi connectivity index (χ2n) is 6.44. The first kappa shape index (κ1) is 18.2. The highest BCUT2D eigenvalue weighted by molar-refractivity contribution is 5.85. The van der Waals surface area contributed by atoms with Crippen molar-refractivity contribution in [2.75, 3.05) is 26.2 Å². The summed E-state index contributed by atoms with van der Waals surface area (Å²) >= 11 is 0. The molecule has 2 rings (SSSR count). The molecule has 2 amide bonds. The van der Waals surface area contributed by atoms with E-state index in [9.17, 15) is 9.59 Å². The van der Waals surface area contributed by atoms with Crippen molar-refractivity contribution in [3.8, 4) is 0 Å². The molecular weight excluding hydrogens is 290 g/mol. The van der Waals surface area contributed by atoms with E-state index in [1.165, 1.54) is 0 Å². The van der Waals surface area contributed by atoms with E-state index in [2.05, 4.69) is 12.2 Å². The number of halogens is 1. The van der Waals surface area contributed by atoms with Crippen LogP contribution in [-0.2, 0) is 9.59 Å². The Morgan fingerprint density at radius 2 is 1.95 bits per heavy atom. The molecule has 5 nitrogen and oxygen atoms in total. The fraction of sp³-hybridized carbons (Fsp3) is 0.867. The van der Waals surface area contributed by atoms with Gasteiger partial charge in [-0.2, -0.15) is 0 Å². The molecule has 21 heavy (non-hydrogen) atoms. The summed E-state index contributed by atoms with van der Waals surface area (Å²) in [7, 11) is 0. The van der Waals surface area contributed by atoms with Crippen molar-refractivity contribution < 1.29 is 9.59 Å². The summed E-state index contributed by atoms with van der Waals surface area (Å²) in [5, 5.41) is 2.84. The van der Waals surface area contributed by atoms with Gasteiger partial charge in [0.25, 0.3) is 0 Å². The molecule has 1 heterocycles. The van der Waals surface area contributed by atoms with E-state index in [4.69, 9.17) is 5.73 Å². The second-order valence-corrected chi connectivity index (χ2v) is 6.44. The SMILES string of the molecule is CC1(C(=O)N2CCCC(C(=O)NCCN)C2)CCCC1.Cl. The predicted molar refractivity (Wildman–Crippen MR) is 85.2 cm³/mol. The maximum Gasteiger partial charge on any atom is 0.228 e. The van der Waals surface area contributed by atoms with E-state index >= 15 is 0 Å². The summed E-state index contributed by atoms with van der Waals surface area (Å²) in [5.74, 6) is 0.236. The van der Waals surface area contributed by atoms with Crippen molar-refractivity contribution in [1.82, 2.24) is 10.2 Å². The molecule has 0 aromatic heterocycles. The van der Waals surface area contributed by atoms with Crippen molar-refractivity contribution in [2.45, 2.75) is 45.4 Å². The molecule has 3 N–H and O–H groups in total. The van der Waals surface area contributed by atoms with Gasteiger partial charge in [-0.05, 0) is 25.7 Å². The molecule has 0 spiro atoms. The molecule has 122 valence electrons. The topological polar surface area (TPSA) is 75.4 Å². The first-order valence-corrected chi connectivity index (χ1v) is 7.84. The summed E-state index contributed by atoms with van der Waals surface area (Å²) in [6.45, 7) is 4.43. The minimum Gasteiger partial charge on any atom is -0.355 e. The largest absolute Gasteiger partial charge is 0.355 e. The van der Waals surface area contributed by atoms with Crippen molar-refractivity contribution in [1.29, 1.82) is 0 Å². The third-order valence-electron chi connectivity index (χ3n) is 4.75. The number of nitrogens with zero attached hydrogens (tertiary/aromatic N) is 1. The summed E-state index contributed by atoms with van der Waals surface area (Å²) in [4.78, 5) is 26.6. The lowest BCUT2D eigenvalue weighted by Crippen LogP contribution is -2.49. The number of nitrogens with one attached hydrogen (secondary N) is 1. The zero-order valence-corrected chi connectivity index (χ0v) is 13.7. The number of carbonyl (C=O) groups is 2. The third kappa shape index (κ3) is 4.33. The number of hydrogen-bond acceptors (Lipinski definition) is 3. The predicted octanol–water partition coefficient (Wildman–Crippen LogP) is 1.30. The first-order chi connectivity index (χ1) is 9.57. The number of likely N-dealkylation sites (tertiary alicyclic amines) is 1.